The van der Waals surface area contributed by atoms with Gasteiger partial charge in [-0.25, -0.2) is 0 Å². The average molecular weight is 293 g/mol. The third-order valence-corrected chi connectivity index (χ3v) is 5.10. The molecule has 0 saturated heterocycles. The monoisotopic (exact) mass is 293 g/mol. The largest absolute Gasteiger partial charge is 0.312 e. The molecule has 0 radical (unpaired) electrons. The van der Waals surface area contributed by atoms with Gasteiger partial charge in [0.1, 0.15) is 5.51 Å². The number of benzene rings is 1. The van der Waals surface area contributed by atoms with E-state index in [-0.39, 0.29) is 0 Å². The van der Waals surface area contributed by atoms with Gasteiger partial charge in [0.15, 0.2) is 4.34 Å². The third-order valence-electron chi connectivity index (χ3n) is 3.15. The van der Waals surface area contributed by atoms with Crippen molar-refractivity contribution in [2.75, 3.05) is 12.8 Å². The number of rotatable bonds is 5. The fraction of sp³-hybridized carbons (Fsp3) is 0.429. The molecule has 1 aromatic carbocycles. The van der Waals surface area contributed by atoms with Crippen LogP contribution in [0.5, 0.6) is 0 Å². The van der Waals surface area contributed by atoms with Crippen molar-refractivity contribution < 1.29 is 0 Å². The number of aromatic nitrogens is 2. The molecule has 0 saturated carbocycles. The predicted molar refractivity (Wildman–Crippen MR) is 83.1 cm³/mol. The molecule has 0 fully saturated rings. The number of thioether (sulfide) groups is 1. The Balaban J connectivity index is 2.17. The van der Waals surface area contributed by atoms with Gasteiger partial charge in [0, 0.05) is 11.8 Å². The zero-order valence-corrected chi connectivity index (χ0v) is 13.4. The summed E-state index contributed by atoms with van der Waals surface area (Å²) in [5.74, 6) is 0.969. The lowest BCUT2D eigenvalue weighted by Crippen LogP contribution is -2.21. The molecular formula is C14H19N3S2. The summed E-state index contributed by atoms with van der Waals surface area (Å²) in [4.78, 5) is 0. The van der Waals surface area contributed by atoms with Crippen molar-refractivity contribution in [2.45, 2.75) is 31.2 Å². The molecule has 3 nitrogen and oxygen atoms in total. The van der Waals surface area contributed by atoms with Crippen LogP contribution in [0.2, 0.25) is 0 Å². The Kier molecular flexibility index (Phi) is 4.96. The normalized spacial score (nSPS) is 12.6. The topological polar surface area (TPSA) is 37.8 Å². The highest BCUT2D eigenvalue weighted by Crippen LogP contribution is 2.29. The highest BCUT2D eigenvalue weighted by Gasteiger charge is 2.16. The van der Waals surface area contributed by atoms with Gasteiger partial charge >= 0.3 is 0 Å². The summed E-state index contributed by atoms with van der Waals surface area (Å²) >= 11 is 3.35. The van der Waals surface area contributed by atoms with Crippen molar-refractivity contribution in [3.63, 3.8) is 0 Å². The summed E-state index contributed by atoms with van der Waals surface area (Å²) in [5.41, 5.74) is 7.22. The molecule has 0 spiro atoms. The molecule has 2 aromatic rings. The van der Waals surface area contributed by atoms with Gasteiger partial charge in [-0.05, 0) is 44.5 Å². The lowest BCUT2D eigenvalue weighted by atomic mass is 9.95. The van der Waals surface area contributed by atoms with Gasteiger partial charge < -0.3 is 5.32 Å². The Hall–Kier alpha value is -0.910. The summed E-state index contributed by atoms with van der Waals surface area (Å²) in [6.45, 7) is 6.53. The Labute approximate surface area is 122 Å². The summed E-state index contributed by atoms with van der Waals surface area (Å²) in [5, 5.41) is 11.4. The Bertz CT molecular complexity index is 515. The molecule has 5 heteroatoms. The van der Waals surface area contributed by atoms with E-state index in [1.165, 1.54) is 22.3 Å². The van der Waals surface area contributed by atoms with Crippen molar-refractivity contribution in [1.82, 2.24) is 15.5 Å². The maximum atomic E-state index is 4.08. The molecule has 1 N–H and O–H groups in total. The highest BCUT2D eigenvalue weighted by atomic mass is 32.2. The molecule has 0 amide bonds. The second-order valence-corrected chi connectivity index (χ2v) is 6.77. The summed E-state index contributed by atoms with van der Waals surface area (Å²) in [7, 11) is 2.02. The molecule has 0 aliphatic heterocycles. The number of aryl methyl sites for hydroxylation is 3. The van der Waals surface area contributed by atoms with E-state index in [9.17, 15) is 0 Å². The van der Waals surface area contributed by atoms with Crippen molar-refractivity contribution >= 4 is 23.1 Å². The molecule has 1 heterocycles. The number of hydrogen-bond donors (Lipinski definition) is 1. The maximum Gasteiger partial charge on any atom is 0.174 e. The molecular weight excluding hydrogens is 274 g/mol. The zero-order chi connectivity index (χ0) is 13.8. The van der Waals surface area contributed by atoms with Crippen LogP contribution >= 0.6 is 23.1 Å². The summed E-state index contributed by atoms with van der Waals surface area (Å²) in [6.07, 6.45) is 0. The van der Waals surface area contributed by atoms with Gasteiger partial charge in [-0.2, -0.15) is 0 Å². The van der Waals surface area contributed by atoms with Crippen molar-refractivity contribution in [1.29, 1.82) is 0 Å². The van der Waals surface area contributed by atoms with Crippen molar-refractivity contribution in [3.8, 4) is 0 Å². The van der Waals surface area contributed by atoms with Crippen LogP contribution in [0.4, 0.5) is 0 Å². The smallest absolute Gasteiger partial charge is 0.174 e. The van der Waals surface area contributed by atoms with Crippen LogP contribution in [-0.2, 0) is 0 Å². The van der Waals surface area contributed by atoms with Gasteiger partial charge in [0.2, 0.25) is 0 Å². The van der Waals surface area contributed by atoms with E-state index in [0.717, 1.165) is 10.1 Å². The molecule has 1 aromatic heterocycles. The van der Waals surface area contributed by atoms with E-state index in [1.54, 1.807) is 28.6 Å². The Morgan fingerprint density at radius 3 is 2.47 bits per heavy atom. The molecule has 0 bridgehead atoms. The lowest BCUT2D eigenvalue weighted by molar-refractivity contribution is 0.653. The molecule has 2 rings (SSSR count). The second kappa shape index (κ2) is 6.50. The first-order valence-corrected chi connectivity index (χ1v) is 8.12. The van der Waals surface area contributed by atoms with E-state index in [4.69, 9.17) is 0 Å². The van der Waals surface area contributed by atoms with E-state index < -0.39 is 0 Å². The third kappa shape index (κ3) is 3.55. The fourth-order valence-corrected chi connectivity index (χ4v) is 4.06. The van der Waals surface area contributed by atoms with E-state index in [2.05, 4.69) is 48.4 Å². The van der Waals surface area contributed by atoms with Crippen LogP contribution in [-0.4, -0.2) is 23.0 Å². The molecule has 0 aliphatic carbocycles. The van der Waals surface area contributed by atoms with Gasteiger partial charge in [0.05, 0.1) is 0 Å². The van der Waals surface area contributed by atoms with Crippen LogP contribution in [0.15, 0.2) is 22.0 Å². The molecule has 1 unspecified atom stereocenters. The van der Waals surface area contributed by atoms with E-state index in [1.807, 2.05) is 7.05 Å². The summed E-state index contributed by atoms with van der Waals surface area (Å²) < 4.78 is 1.03. The van der Waals surface area contributed by atoms with Crippen LogP contribution in [0.3, 0.4) is 0 Å². The minimum atomic E-state index is 0.342. The molecule has 0 aliphatic rings. The summed E-state index contributed by atoms with van der Waals surface area (Å²) in [6, 6.07) is 4.85. The second-order valence-electron chi connectivity index (χ2n) is 4.67. The van der Waals surface area contributed by atoms with Crippen molar-refractivity contribution in [3.05, 3.63) is 39.9 Å². The van der Waals surface area contributed by atoms with Gasteiger partial charge in [0.25, 0.3) is 0 Å². The standard InChI is InChI=1S/C14H19N3S2/c1-9-5-10(2)13(11(3)6-9)12(15-4)7-18-14-17-16-8-19-14/h5-6,8,12,15H,7H2,1-4H3. The van der Waals surface area contributed by atoms with Gasteiger partial charge in [-0.1, -0.05) is 40.8 Å². The first-order valence-electron chi connectivity index (χ1n) is 6.25. The highest BCUT2D eigenvalue weighted by molar-refractivity contribution is 8.01. The number of nitrogens with zero attached hydrogens (tertiary/aromatic N) is 2. The van der Waals surface area contributed by atoms with Crippen molar-refractivity contribution in [2.24, 2.45) is 0 Å². The van der Waals surface area contributed by atoms with Crippen LogP contribution < -0.4 is 5.32 Å². The average Bonchev–Trinajstić information content (AvgIpc) is 2.85. The number of hydrogen-bond acceptors (Lipinski definition) is 5. The quantitative estimate of drug-likeness (QED) is 0.856. The van der Waals surface area contributed by atoms with E-state index in [0.29, 0.717) is 6.04 Å². The van der Waals surface area contributed by atoms with Crippen LogP contribution in [0.1, 0.15) is 28.3 Å². The first kappa shape index (κ1) is 14.5. The van der Waals surface area contributed by atoms with Crippen LogP contribution in [0.25, 0.3) is 0 Å². The molecule has 19 heavy (non-hydrogen) atoms. The Morgan fingerprint density at radius 1 is 1.26 bits per heavy atom. The van der Waals surface area contributed by atoms with E-state index >= 15 is 0 Å². The van der Waals surface area contributed by atoms with Gasteiger partial charge in [-0.15, -0.1) is 10.2 Å². The lowest BCUT2D eigenvalue weighted by Gasteiger charge is -2.21. The molecule has 102 valence electrons. The zero-order valence-electron chi connectivity index (χ0n) is 11.7. The fourth-order valence-electron chi connectivity index (χ4n) is 2.43. The van der Waals surface area contributed by atoms with Gasteiger partial charge in [-0.3, -0.25) is 0 Å². The Morgan fingerprint density at radius 2 is 1.95 bits per heavy atom. The number of nitrogens with one attached hydrogen (secondary N) is 1. The first-order chi connectivity index (χ1) is 9.11. The minimum absolute atomic E-state index is 0.342. The van der Waals surface area contributed by atoms with Crippen LogP contribution in [0, 0.1) is 20.8 Å². The maximum absolute atomic E-state index is 4.08. The predicted octanol–water partition coefficient (Wildman–Crippen LogP) is 3.52. The SMILES string of the molecule is CNC(CSc1nncs1)c1c(C)cc(C)cc1C. The minimum Gasteiger partial charge on any atom is -0.312 e. The molecule has 1 atom stereocenters.